The van der Waals surface area contributed by atoms with Crippen LogP contribution in [0.1, 0.15) is 41.8 Å². The van der Waals surface area contributed by atoms with E-state index in [4.69, 9.17) is 9.52 Å². The topological polar surface area (TPSA) is 53.7 Å². The van der Waals surface area contributed by atoms with Crippen molar-refractivity contribution in [3.05, 3.63) is 23.7 Å². The normalized spacial score (nSPS) is 20.6. The van der Waals surface area contributed by atoms with Gasteiger partial charge < -0.3 is 14.4 Å². The molecule has 1 aromatic heterocycles. The van der Waals surface area contributed by atoms with Crippen LogP contribution in [0.4, 0.5) is 0 Å². The van der Waals surface area contributed by atoms with Crippen LogP contribution in [-0.4, -0.2) is 35.1 Å². The average molecular weight is 237 g/mol. The quantitative estimate of drug-likeness (QED) is 0.874. The molecule has 0 saturated carbocycles. The molecule has 94 valence electrons. The molecule has 0 aromatic carbocycles. The zero-order valence-electron chi connectivity index (χ0n) is 10.2. The van der Waals surface area contributed by atoms with Gasteiger partial charge in [-0.15, -0.1) is 0 Å². The van der Waals surface area contributed by atoms with Crippen LogP contribution in [0, 0.1) is 6.92 Å². The Labute approximate surface area is 101 Å². The molecule has 1 aromatic rings. The maximum atomic E-state index is 12.3. The van der Waals surface area contributed by atoms with Gasteiger partial charge in [0.2, 0.25) is 0 Å². The highest BCUT2D eigenvalue weighted by Crippen LogP contribution is 2.22. The summed E-state index contributed by atoms with van der Waals surface area (Å²) in [4.78, 5) is 14.2. The number of piperidine rings is 1. The summed E-state index contributed by atoms with van der Waals surface area (Å²) in [6.07, 6.45) is 5.36. The Morgan fingerprint density at radius 1 is 1.59 bits per heavy atom. The molecule has 1 unspecified atom stereocenters. The SMILES string of the molecule is Cc1cc(C(=O)N2CCCCC2CCO)co1. The lowest BCUT2D eigenvalue weighted by atomic mass is 9.99. The fourth-order valence-electron chi connectivity index (χ4n) is 2.44. The van der Waals surface area contributed by atoms with Gasteiger partial charge in [0.05, 0.1) is 5.56 Å². The van der Waals surface area contributed by atoms with Crippen LogP contribution >= 0.6 is 0 Å². The molecule has 1 atom stereocenters. The molecule has 4 nitrogen and oxygen atoms in total. The molecule has 1 amide bonds. The Hall–Kier alpha value is -1.29. The van der Waals surface area contributed by atoms with Crippen LogP contribution in [0.25, 0.3) is 0 Å². The van der Waals surface area contributed by atoms with Crippen molar-refractivity contribution in [3.63, 3.8) is 0 Å². The summed E-state index contributed by atoms with van der Waals surface area (Å²) in [5.74, 6) is 0.782. The molecule has 0 bridgehead atoms. The molecular weight excluding hydrogens is 218 g/mol. The number of carbonyl (C=O) groups is 1. The highest BCUT2D eigenvalue weighted by molar-refractivity contribution is 5.94. The zero-order valence-corrected chi connectivity index (χ0v) is 10.2. The number of aryl methyl sites for hydroxylation is 1. The van der Waals surface area contributed by atoms with Gasteiger partial charge in [-0.05, 0) is 38.7 Å². The Morgan fingerprint density at radius 3 is 3.06 bits per heavy atom. The van der Waals surface area contributed by atoms with Gasteiger partial charge in [-0.1, -0.05) is 0 Å². The van der Waals surface area contributed by atoms with Crippen LogP contribution in [0.15, 0.2) is 16.7 Å². The Bertz CT molecular complexity index is 384. The summed E-state index contributed by atoms with van der Waals surface area (Å²) < 4.78 is 5.17. The molecule has 0 aliphatic carbocycles. The minimum Gasteiger partial charge on any atom is -0.469 e. The maximum absolute atomic E-state index is 12.3. The van der Waals surface area contributed by atoms with Gasteiger partial charge in [-0.25, -0.2) is 0 Å². The third-order valence-corrected chi connectivity index (χ3v) is 3.33. The van der Waals surface area contributed by atoms with Crippen LogP contribution in [-0.2, 0) is 0 Å². The molecule has 0 spiro atoms. The minimum absolute atomic E-state index is 0.0278. The molecule has 1 aliphatic heterocycles. The monoisotopic (exact) mass is 237 g/mol. The third kappa shape index (κ3) is 2.69. The van der Waals surface area contributed by atoms with Crippen molar-refractivity contribution < 1.29 is 14.3 Å². The van der Waals surface area contributed by atoms with Crippen molar-refractivity contribution in [1.82, 2.24) is 4.90 Å². The number of hydrogen-bond donors (Lipinski definition) is 1. The highest BCUT2D eigenvalue weighted by atomic mass is 16.3. The fraction of sp³-hybridized carbons (Fsp3) is 0.615. The predicted molar refractivity (Wildman–Crippen MR) is 63.8 cm³/mol. The van der Waals surface area contributed by atoms with E-state index in [1.54, 1.807) is 6.07 Å². The molecule has 1 saturated heterocycles. The van der Waals surface area contributed by atoms with E-state index in [0.717, 1.165) is 31.6 Å². The Kier molecular flexibility index (Phi) is 3.84. The third-order valence-electron chi connectivity index (χ3n) is 3.33. The zero-order chi connectivity index (χ0) is 12.3. The summed E-state index contributed by atoms with van der Waals surface area (Å²) in [5.41, 5.74) is 0.618. The van der Waals surface area contributed by atoms with Gasteiger partial charge in [0.1, 0.15) is 12.0 Å². The largest absolute Gasteiger partial charge is 0.469 e. The molecule has 1 aliphatic rings. The number of rotatable bonds is 3. The van der Waals surface area contributed by atoms with Gasteiger partial charge in [0, 0.05) is 19.2 Å². The van der Waals surface area contributed by atoms with Crippen molar-refractivity contribution >= 4 is 5.91 Å². The van der Waals surface area contributed by atoms with Gasteiger partial charge in [0.25, 0.3) is 5.91 Å². The molecular formula is C13H19NO3. The number of hydrogen-bond acceptors (Lipinski definition) is 3. The molecule has 0 radical (unpaired) electrons. The van der Waals surface area contributed by atoms with Crippen molar-refractivity contribution in [1.29, 1.82) is 0 Å². The standard InChI is InChI=1S/C13H19NO3/c1-10-8-11(9-17-10)13(16)14-6-3-2-4-12(14)5-7-15/h8-9,12,15H,2-7H2,1H3. The lowest BCUT2D eigenvalue weighted by Crippen LogP contribution is -2.44. The molecule has 2 heterocycles. The Morgan fingerprint density at radius 2 is 2.41 bits per heavy atom. The second-order valence-corrected chi connectivity index (χ2v) is 4.61. The molecule has 17 heavy (non-hydrogen) atoms. The van der Waals surface area contributed by atoms with E-state index in [1.165, 1.54) is 6.26 Å². The fourth-order valence-corrected chi connectivity index (χ4v) is 2.44. The number of carbonyl (C=O) groups excluding carboxylic acids is 1. The lowest BCUT2D eigenvalue weighted by molar-refractivity contribution is 0.0574. The lowest BCUT2D eigenvalue weighted by Gasteiger charge is -2.35. The number of nitrogens with zero attached hydrogens (tertiary/aromatic N) is 1. The predicted octanol–water partition coefficient (Wildman–Crippen LogP) is 1.97. The average Bonchev–Trinajstić information content (AvgIpc) is 2.76. The molecule has 2 rings (SSSR count). The van der Waals surface area contributed by atoms with E-state index in [1.807, 2.05) is 11.8 Å². The van der Waals surface area contributed by atoms with E-state index >= 15 is 0 Å². The minimum atomic E-state index is 0.0278. The molecule has 1 fully saturated rings. The van der Waals surface area contributed by atoms with E-state index in [0.29, 0.717) is 12.0 Å². The first kappa shape index (κ1) is 12.2. The Balaban J connectivity index is 2.10. The van der Waals surface area contributed by atoms with E-state index in [2.05, 4.69) is 0 Å². The van der Waals surface area contributed by atoms with Gasteiger partial charge in [-0.2, -0.15) is 0 Å². The second kappa shape index (κ2) is 5.36. The number of furan rings is 1. The van der Waals surface area contributed by atoms with Crippen molar-refractivity contribution in [2.45, 2.75) is 38.6 Å². The number of aliphatic hydroxyl groups is 1. The van der Waals surface area contributed by atoms with Crippen molar-refractivity contribution in [2.75, 3.05) is 13.2 Å². The van der Waals surface area contributed by atoms with Gasteiger partial charge in [0.15, 0.2) is 0 Å². The highest BCUT2D eigenvalue weighted by Gasteiger charge is 2.27. The smallest absolute Gasteiger partial charge is 0.257 e. The molecule has 1 N–H and O–H groups in total. The first-order valence-corrected chi connectivity index (χ1v) is 6.19. The van der Waals surface area contributed by atoms with Crippen molar-refractivity contribution in [2.24, 2.45) is 0 Å². The van der Waals surface area contributed by atoms with Crippen LogP contribution in [0.2, 0.25) is 0 Å². The number of aliphatic hydroxyl groups excluding tert-OH is 1. The second-order valence-electron chi connectivity index (χ2n) is 4.61. The summed E-state index contributed by atoms with van der Waals surface area (Å²) in [7, 11) is 0. The number of amides is 1. The van der Waals surface area contributed by atoms with Crippen LogP contribution < -0.4 is 0 Å². The summed E-state index contributed by atoms with van der Waals surface area (Å²) >= 11 is 0. The summed E-state index contributed by atoms with van der Waals surface area (Å²) in [5, 5.41) is 9.04. The van der Waals surface area contributed by atoms with E-state index < -0.39 is 0 Å². The first-order chi connectivity index (χ1) is 8.22. The van der Waals surface area contributed by atoms with Gasteiger partial charge >= 0.3 is 0 Å². The first-order valence-electron chi connectivity index (χ1n) is 6.19. The molecule has 4 heteroatoms. The van der Waals surface area contributed by atoms with Gasteiger partial charge in [-0.3, -0.25) is 4.79 Å². The van der Waals surface area contributed by atoms with Crippen LogP contribution in [0.3, 0.4) is 0 Å². The van der Waals surface area contributed by atoms with Crippen LogP contribution in [0.5, 0.6) is 0 Å². The summed E-state index contributed by atoms with van der Waals surface area (Å²) in [6, 6.07) is 1.95. The van der Waals surface area contributed by atoms with E-state index in [9.17, 15) is 4.79 Å². The van der Waals surface area contributed by atoms with Crippen molar-refractivity contribution in [3.8, 4) is 0 Å². The van der Waals surface area contributed by atoms with E-state index in [-0.39, 0.29) is 18.6 Å². The number of likely N-dealkylation sites (tertiary alicyclic amines) is 1. The maximum Gasteiger partial charge on any atom is 0.257 e. The summed E-state index contributed by atoms with van der Waals surface area (Å²) in [6.45, 7) is 2.75.